The maximum atomic E-state index is 13.4. The molecular formula is C25H33F7O4. The Morgan fingerprint density at radius 3 is 1.53 bits per heavy atom. The first-order chi connectivity index (χ1) is 16.8. The summed E-state index contributed by atoms with van der Waals surface area (Å²) in [5, 5.41) is 0. The molecule has 0 heterocycles. The molecule has 0 unspecified atom stereocenters. The number of benzene rings is 1. The van der Waals surface area contributed by atoms with Gasteiger partial charge in [-0.25, -0.2) is 9.59 Å². The minimum absolute atomic E-state index is 0.0368. The van der Waals surface area contributed by atoms with Gasteiger partial charge >= 0.3 is 30.0 Å². The standard InChI is InChI=1S/C25H33F7O4/c1-2-3-4-5-6-7-8-9-10-11-14-17-35-21(33)19-15-12-13-16-20(19)22(34)36-18-23(26,27)24(28,29)25(30,31)32/h12-13,15-16H,2-11,14,17-18H2,1H3. The van der Waals surface area contributed by atoms with Crippen LogP contribution in [0.3, 0.4) is 0 Å². The van der Waals surface area contributed by atoms with E-state index in [4.69, 9.17) is 4.74 Å². The third kappa shape index (κ3) is 9.97. The molecule has 0 aromatic heterocycles. The number of hydrogen-bond acceptors (Lipinski definition) is 4. The number of halogens is 7. The summed E-state index contributed by atoms with van der Waals surface area (Å²) in [5.74, 6) is -14.7. The molecule has 0 saturated heterocycles. The van der Waals surface area contributed by atoms with Crippen LogP contribution in [0.25, 0.3) is 0 Å². The largest absolute Gasteiger partial charge is 0.462 e. The number of hydrogen-bond donors (Lipinski definition) is 0. The molecule has 0 radical (unpaired) electrons. The first kappa shape index (κ1) is 31.7. The predicted molar refractivity (Wildman–Crippen MR) is 119 cm³/mol. The average molecular weight is 531 g/mol. The maximum absolute atomic E-state index is 13.4. The highest BCUT2D eigenvalue weighted by molar-refractivity contribution is 6.03. The van der Waals surface area contributed by atoms with Crippen molar-refractivity contribution >= 4 is 11.9 Å². The highest BCUT2D eigenvalue weighted by Crippen LogP contribution is 2.46. The van der Waals surface area contributed by atoms with Crippen LogP contribution in [0, 0.1) is 0 Å². The smallest absolute Gasteiger partial charge is 0.460 e. The van der Waals surface area contributed by atoms with Crippen LogP contribution in [0.4, 0.5) is 30.7 Å². The van der Waals surface area contributed by atoms with E-state index in [-0.39, 0.29) is 12.2 Å². The summed E-state index contributed by atoms with van der Waals surface area (Å²) in [7, 11) is 0. The molecule has 0 spiro atoms. The van der Waals surface area contributed by atoms with E-state index in [1.165, 1.54) is 50.7 Å². The summed E-state index contributed by atoms with van der Waals surface area (Å²) in [6.45, 7) is -0.318. The van der Waals surface area contributed by atoms with Gasteiger partial charge in [0.15, 0.2) is 6.61 Å². The molecule has 1 aromatic carbocycles. The fourth-order valence-electron chi connectivity index (χ4n) is 3.38. The van der Waals surface area contributed by atoms with E-state index in [1.807, 2.05) is 0 Å². The van der Waals surface area contributed by atoms with E-state index < -0.39 is 42.1 Å². The highest BCUT2D eigenvalue weighted by Gasteiger charge is 2.73. The van der Waals surface area contributed by atoms with Crippen molar-refractivity contribution in [3.05, 3.63) is 35.4 Å². The quantitative estimate of drug-likeness (QED) is 0.116. The van der Waals surface area contributed by atoms with Crippen LogP contribution in [0.5, 0.6) is 0 Å². The van der Waals surface area contributed by atoms with Gasteiger partial charge in [0.25, 0.3) is 0 Å². The average Bonchev–Trinajstić information content (AvgIpc) is 2.82. The summed E-state index contributed by atoms with van der Waals surface area (Å²) < 4.78 is 98.5. The number of rotatable bonds is 17. The number of unbranched alkanes of at least 4 members (excludes halogenated alkanes) is 10. The van der Waals surface area contributed by atoms with Crippen molar-refractivity contribution in [2.75, 3.05) is 13.2 Å². The van der Waals surface area contributed by atoms with Crippen LogP contribution in [-0.2, 0) is 9.47 Å². The molecule has 0 aliphatic rings. The lowest BCUT2D eigenvalue weighted by molar-refractivity contribution is -0.359. The Morgan fingerprint density at radius 2 is 1.08 bits per heavy atom. The molecule has 11 heteroatoms. The second-order valence-electron chi connectivity index (χ2n) is 8.57. The SMILES string of the molecule is CCCCCCCCCCCCCOC(=O)c1ccccc1C(=O)OCC(F)(F)C(F)(F)C(F)(F)F. The first-order valence-electron chi connectivity index (χ1n) is 12.1. The Morgan fingerprint density at radius 1 is 0.667 bits per heavy atom. The predicted octanol–water partition coefficient (Wildman–Crippen LogP) is 8.14. The van der Waals surface area contributed by atoms with Crippen molar-refractivity contribution in [3.63, 3.8) is 0 Å². The van der Waals surface area contributed by atoms with E-state index in [0.29, 0.717) is 6.42 Å². The molecule has 0 bridgehead atoms. The van der Waals surface area contributed by atoms with Gasteiger partial charge in [0.05, 0.1) is 17.7 Å². The van der Waals surface area contributed by atoms with Gasteiger partial charge in [0, 0.05) is 0 Å². The van der Waals surface area contributed by atoms with Crippen molar-refractivity contribution in [2.45, 2.75) is 95.6 Å². The minimum atomic E-state index is -6.54. The second kappa shape index (κ2) is 15.0. The molecule has 1 aromatic rings. The highest BCUT2D eigenvalue weighted by atomic mass is 19.4. The molecular weight excluding hydrogens is 497 g/mol. The second-order valence-corrected chi connectivity index (χ2v) is 8.57. The Hall–Kier alpha value is -2.33. The fraction of sp³-hybridized carbons (Fsp3) is 0.680. The van der Waals surface area contributed by atoms with Crippen LogP contribution < -0.4 is 0 Å². The van der Waals surface area contributed by atoms with Crippen molar-refractivity contribution in [3.8, 4) is 0 Å². The zero-order valence-corrected chi connectivity index (χ0v) is 20.3. The van der Waals surface area contributed by atoms with Gasteiger partial charge in [0.2, 0.25) is 0 Å². The first-order valence-corrected chi connectivity index (χ1v) is 12.1. The Balaban J connectivity index is 2.46. The number of esters is 2. The molecule has 0 saturated carbocycles. The van der Waals surface area contributed by atoms with Gasteiger partial charge in [0.1, 0.15) is 0 Å². The molecule has 1 rings (SSSR count). The van der Waals surface area contributed by atoms with Crippen LogP contribution in [0.15, 0.2) is 24.3 Å². The van der Waals surface area contributed by atoms with Gasteiger partial charge in [-0.15, -0.1) is 0 Å². The molecule has 0 amide bonds. The van der Waals surface area contributed by atoms with Gasteiger partial charge < -0.3 is 9.47 Å². The third-order valence-corrected chi connectivity index (χ3v) is 5.55. The Bertz CT molecular complexity index is 810. The molecule has 0 atom stereocenters. The Kier molecular flexibility index (Phi) is 13.2. The fourth-order valence-corrected chi connectivity index (χ4v) is 3.38. The van der Waals surface area contributed by atoms with E-state index in [9.17, 15) is 40.3 Å². The van der Waals surface area contributed by atoms with Crippen molar-refractivity contribution < 1.29 is 49.8 Å². The number of ether oxygens (including phenoxy) is 2. The molecule has 4 nitrogen and oxygen atoms in total. The Labute approximate surface area is 206 Å². The summed E-state index contributed by atoms with van der Waals surface area (Å²) in [6, 6.07) is 4.69. The van der Waals surface area contributed by atoms with Crippen molar-refractivity contribution in [1.82, 2.24) is 0 Å². The number of carbonyl (C=O) groups is 2. The summed E-state index contributed by atoms with van der Waals surface area (Å²) >= 11 is 0. The third-order valence-electron chi connectivity index (χ3n) is 5.55. The zero-order valence-electron chi connectivity index (χ0n) is 20.3. The van der Waals surface area contributed by atoms with Crippen LogP contribution in [0.2, 0.25) is 0 Å². The van der Waals surface area contributed by atoms with Crippen molar-refractivity contribution in [2.24, 2.45) is 0 Å². The van der Waals surface area contributed by atoms with Gasteiger partial charge in [-0.3, -0.25) is 0 Å². The number of alkyl halides is 7. The molecule has 0 fully saturated rings. The van der Waals surface area contributed by atoms with Crippen LogP contribution >= 0.6 is 0 Å². The molecule has 36 heavy (non-hydrogen) atoms. The lowest BCUT2D eigenvalue weighted by atomic mass is 10.1. The summed E-state index contributed by atoms with van der Waals surface area (Å²) in [4.78, 5) is 24.4. The van der Waals surface area contributed by atoms with E-state index in [2.05, 4.69) is 11.7 Å². The van der Waals surface area contributed by atoms with Gasteiger partial charge in [-0.1, -0.05) is 83.3 Å². The van der Waals surface area contributed by atoms with Crippen LogP contribution in [-0.4, -0.2) is 43.2 Å². The van der Waals surface area contributed by atoms with Gasteiger partial charge in [-0.2, -0.15) is 30.7 Å². The van der Waals surface area contributed by atoms with E-state index in [0.717, 1.165) is 37.8 Å². The molecule has 0 aliphatic heterocycles. The maximum Gasteiger partial charge on any atom is 0.460 e. The topological polar surface area (TPSA) is 52.6 Å². The van der Waals surface area contributed by atoms with E-state index >= 15 is 0 Å². The summed E-state index contributed by atoms with van der Waals surface area (Å²) in [5.41, 5.74) is -0.968. The van der Waals surface area contributed by atoms with Gasteiger partial charge in [-0.05, 0) is 18.6 Å². The van der Waals surface area contributed by atoms with Crippen molar-refractivity contribution in [1.29, 1.82) is 0 Å². The van der Waals surface area contributed by atoms with Crippen LogP contribution in [0.1, 0.15) is 98.3 Å². The summed E-state index contributed by atoms with van der Waals surface area (Å²) in [6.07, 6.45) is 5.41. The molecule has 0 aliphatic carbocycles. The number of carbonyl (C=O) groups excluding carboxylic acids is 2. The van der Waals surface area contributed by atoms with E-state index in [1.54, 1.807) is 0 Å². The minimum Gasteiger partial charge on any atom is -0.462 e. The lowest BCUT2D eigenvalue weighted by Crippen LogP contribution is -2.54. The normalized spacial score (nSPS) is 12.4. The molecule has 0 N–H and O–H groups in total. The zero-order chi connectivity index (χ0) is 27.2. The molecule has 206 valence electrons. The monoisotopic (exact) mass is 530 g/mol. The lowest BCUT2D eigenvalue weighted by Gasteiger charge is -2.27.